The van der Waals surface area contributed by atoms with Gasteiger partial charge in [0.05, 0.1) is 4.47 Å². The standard InChI is InChI=1S/C12H14BrF2N/c13-10-5-1-4-9(12(10)15)11(14)8-3-2-6-16-7-8/h1,4-5,8,11,16H,2-3,6-7H2. The molecule has 16 heavy (non-hydrogen) atoms. The molecule has 0 aromatic heterocycles. The summed E-state index contributed by atoms with van der Waals surface area (Å²) in [5.74, 6) is -0.585. The number of hydrogen-bond donors (Lipinski definition) is 1. The number of benzene rings is 1. The highest BCUT2D eigenvalue weighted by Crippen LogP contribution is 2.34. The van der Waals surface area contributed by atoms with Gasteiger partial charge in [-0.2, -0.15) is 0 Å². The molecule has 1 fully saturated rings. The molecule has 0 aliphatic carbocycles. The lowest BCUT2D eigenvalue weighted by Crippen LogP contribution is -2.32. The number of rotatable bonds is 2. The Bertz CT molecular complexity index is 364. The Morgan fingerprint density at radius 1 is 1.44 bits per heavy atom. The first kappa shape index (κ1) is 12.0. The van der Waals surface area contributed by atoms with Crippen LogP contribution >= 0.6 is 15.9 Å². The van der Waals surface area contributed by atoms with Gasteiger partial charge < -0.3 is 5.32 Å². The van der Waals surface area contributed by atoms with E-state index in [4.69, 9.17) is 0 Å². The maximum atomic E-state index is 14.2. The Morgan fingerprint density at radius 3 is 2.94 bits per heavy atom. The first-order chi connectivity index (χ1) is 7.70. The summed E-state index contributed by atoms with van der Waals surface area (Å²) in [6.07, 6.45) is 0.561. The van der Waals surface area contributed by atoms with E-state index in [-0.39, 0.29) is 11.5 Å². The van der Waals surface area contributed by atoms with Crippen molar-refractivity contribution in [2.45, 2.75) is 19.0 Å². The monoisotopic (exact) mass is 289 g/mol. The van der Waals surface area contributed by atoms with Crippen molar-refractivity contribution in [2.75, 3.05) is 13.1 Å². The van der Waals surface area contributed by atoms with E-state index in [2.05, 4.69) is 21.2 Å². The molecule has 4 heteroatoms. The van der Waals surface area contributed by atoms with E-state index >= 15 is 0 Å². The fraction of sp³-hybridized carbons (Fsp3) is 0.500. The molecule has 0 spiro atoms. The van der Waals surface area contributed by atoms with Gasteiger partial charge in [0, 0.05) is 18.0 Å². The molecule has 1 aromatic rings. The van der Waals surface area contributed by atoms with Crippen molar-refractivity contribution in [3.05, 3.63) is 34.1 Å². The van der Waals surface area contributed by atoms with Crippen LogP contribution in [0.25, 0.3) is 0 Å². The summed E-state index contributed by atoms with van der Waals surface area (Å²) in [5.41, 5.74) is 0.170. The number of piperidine rings is 1. The minimum Gasteiger partial charge on any atom is -0.316 e. The molecule has 1 N–H and O–H groups in total. The number of alkyl halides is 1. The summed E-state index contributed by atoms with van der Waals surface area (Å²) >= 11 is 3.08. The van der Waals surface area contributed by atoms with Gasteiger partial charge in [-0.3, -0.25) is 0 Å². The normalized spacial score (nSPS) is 23.1. The Labute approximate surface area is 102 Å². The van der Waals surface area contributed by atoms with Crippen LogP contribution in [-0.4, -0.2) is 13.1 Å². The Kier molecular flexibility index (Phi) is 3.92. The molecule has 0 bridgehead atoms. The molecule has 2 unspecified atom stereocenters. The van der Waals surface area contributed by atoms with Gasteiger partial charge in [-0.1, -0.05) is 12.1 Å². The van der Waals surface area contributed by atoms with Crippen LogP contribution in [0, 0.1) is 11.7 Å². The zero-order valence-corrected chi connectivity index (χ0v) is 10.4. The van der Waals surface area contributed by atoms with Gasteiger partial charge in [-0.15, -0.1) is 0 Å². The Hall–Kier alpha value is -0.480. The molecule has 1 aliphatic heterocycles. The van der Waals surface area contributed by atoms with Gasteiger partial charge in [0.1, 0.15) is 12.0 Å². The molecule has 2 atom stereocenters. The van der Waals surface area contributed by atoms with Crippen molar-refractivity contribution < 1.29 is 8.78 Å². The lowest BCUT2D eigenvalue weighted by atomic mass is 9.90. The van der Waals surface area contributed by atoms with E-state index in [9.17, 15) is 8.78 Å². The SMILES string of the molecule is Fc1c(Br)cccc1C(F)C1CCCNC1. The lowest BCUT2D eigenvalue weighted by molar-refractivity contribution is 0.190. The second kappa shape index (κ2) is 5.23. The van der Waals surface area contributed by atoms with Gasteiger partial charge >= 0.3 is 0 Å². The van der Waals surface area contributed by atoms with Crippen molar-refractivity contribution >= 4 is 15.9 Å². The number of nitrogens with one attached hydrogen (secondary N) is 1. The molecule has 1 nitrogen and oxygen atoms in total. The van der Waals surface area contributed by atoms with Gasteiger partial charge in [0.15, 0.2) is 0 Å². The molecule has 0 saturated carbocycles. The summed E-state index contributed by atoms with van der Waals surface area (Å²) in [6.45, 7) is 1.57. The van der Waals surface area contributed by atoms with E-state index in [0.29, 0.717) is 11.0 Å². The van der Waals surface area contributed by atoms with E-state index in [1.165, 1.54) is 6.07 Å². The summed E-state index contributed by atoms with van der Waals surface area (Å²) in [5, 5.41) is 3.15. The predicted octanol–water partition coefficient (Wildman–Crippen LogP) is 3.60. The fourth-order valence-electron chi connectivity index (χ4n) is 2.12. The van der Waals surface area contributed by atoms with Gasteiger partial charge in [-0.05, 0) is 41.4 Å². The first-order valence-corrected chi connectivity index (χ1v) is 6.28. The maximum absolute atomic E-state index is 14.2. The van der Waals surface area contributed by atoms with Crippen LogP contribution in [0.4, 0.5) is 8.78 Å². The second-order valence-electron chi connectivity index (χ2n) is 4.15. The molecule has 2 rings (SSSR count). The Balaban J connectivity index is 2.19. The van der Waals surface area contributed by atoms with Crippen LogP contribution in [0.1, 0.15) is 24.6 Å². The highest BCUT2D eigenvalue weighted by molar-refractivity contribution is 9.10. The minimum absolute atomic E-state index is 0.113. The lowest BCUT2D eigenvalue weighted by Gasteiger charge is -2.26. The van der Waals surface area contributed by atoms with Crippen LogP contribution in [0.2, 0.25) is 0 Å². The smallest absolute Gasteiger partial charge is 0.143 e. The molecule has 88 valence electrons. The highest BCUT2D eigenvalue weighted by atomic mass is 79.9. The van der Waals surface area contributed by atoms with Crippen LogP contribution in [-0.2, 0) is 0 Å². The van der Waals surface area contributed by atoms with Crippen molar-refractivity contribution in [3.63, 3.8) is 0 Å². The molecule has 1 aromatic carbocycles. The molecule has 0 amide bonds. The van der Waals surface area contributed by atoms with E-state index in [1.807, 2.05) is 0 Å². The maximum Gasteiger partial charge on any atom is 0.143 e. The third-order valence-electron chi connectivity index (χ3n) is 3.03. The van der Waals surface area contributed by atoms with Crippen molar-refractivity contribution in [2.24, 2.45) is 5.92 Å². The van der Waals surface area contributed by atoms with Gasteiger partial charge in [0.2, 0.25) is 0 Å². The molecule has 1 heterocycles. The average Bonchev–Trinajstić information content (AvgIpc) is 2.33. The number of hydrogen-bond acceptors (Lipinski definition) is 1. The summed E-state index contributed by atoms with van der Waals surface area (Å²) in [6, 6.07) is 4.79. The largest absolute Gasteiger partial charge is 0.316 e. The van der Waals surface area contributed by atoms with E-state index in [0.717, 1.165) is 19.4 Å². The van der Waals surface area contributed by atoms with E-state index in [1.54, 1.807) is 12.1 Å². The van der Waals surface area contributed by atoms with Crippen LogP contribution in [0.3, 0.4) is 0 Å². The zero-order valence-electron chi connectivity index (χ0n) is 8.85. The molecule has 1 saturated heterocycles. The highest BCUT2D eigenvalue weighted by Gasteiger charge is 2.27. The quantitative estimate of drug-likeness (QED) is 0.877. The summed E-state index contributed by atoms with van der Waals surface area (Å²) in [7, 11) is 0. The van der Waals surface area contributed by atoms with Crippen molar-refractivity contribution in [1.29, 1.82) is 0 Å². The minimum atomic E-state index is -1.22. The topological polar surface area (TPSA) is 12.0 Å². The van der Waals surface area contributed by atoms with Crippen molar-refractivity contribution in [1.82, 2.24) is 5.32 Å². The Morgan fingerprint density at radius 2 is 2.25 bits per heavy atom. The van der Waals surface area contributed by atoms with Crippen LogP contribution < -0.4 is 5.32 Å². The molecular formula is C12H14BrF2N. The molecule has 1 aliphatic rings. The van der Waals surface area contributed by atoms with Crippen molar-refractivity contribution in [3.8, 4) is 0 Å². The number of halogens is 3. The fourth-order valence-corrected chi connectivity index (χ4v) is 2.50. The van der Waals surface area contributed by atoms with Gasteiger partial charge in [0.25, 0.3) is 0 Å². The first-order valence-electron chi connectivity index (χ1n) is 5.49. The zero-order chi connectivity index (χ0) is 11.5. The summed E-state index contributed by atoms with van der Waals surface area (Å²) in [4.78, 5) is 0. The summed E-state index contributed by atoms with van der Waals surface area (Å²) < 4.78 is 28.2. The van der Waals surface area contributed by atoms with Crippen LogP contribution in [0.5, 0.6) is 0 Å². The van der Waals surface area contributed by atoms with Crippen LogP contribution in [0.15, 0.2) is 22.7 Å². The van der Waals surface area contributed by atoms with Gasteiger partial charge in [-0.25, -0.2) is 8.78 Å². The molecular weight excluding hydrogens is 276 g/mol. The third-order valence-corrected chi connectivity index (χ3v) is 3.64. The average molecular weight is 290 g/mol. The third kappa shape index (κ3) is 2.43. The molecule has 0 radical (unpaired) electrons. The predicted molar refractivity (Wildman–Crippen MR) is 63.5 cm³/mol. The second-order valence-corrected chi connectivity index (χ2v) is 5.01. The van der Waals surface area contributed by atoms with E-state index < -0.39 is 12.0 Å².